The average molecular weight is 231 g/mol. The Labute approximate surface area is 97.9 Å². The van der Waals surface area contributed by atoms with E-state index in [1.807, 2.05) is 0 Å². The number of fused-ring (bicyclic) bond motifs is 1. The molecule has 3 rings (SSSR count). The summed E-state index contributed by atoms with van der Waals surface area (Å²) in [6.45, 7) is 1.52. The molecule has 0 bridgehead atoms. The Morgan fingerprint density at radius 3 is 2.94 bits per heavy atom. The van der Waals surface area contributed by atoms with E-state index in [1.54, 1.807) is 12.3 Å². The molecule has 5 heteroatoms. The molecule has 0 spiro atoms. The van der Waals surface area contributed by atoms with Crippen LogP contribution in [0.1, 0.15) is 24.6 Å². The number of ether oxygens (including phenoxy) is 1. The number of aromatic amines is 1. The van der Waals surface area contributed by atoms with Crippen LogP contribution in [0.15, 0.2) is 23.1 Å². The lowest BCUT2D eigenvalue weighted by molar-refractivity contribution is 0.0836. The minimum atomic E-state index is -0.130. The fraction of sp³-hybridized carbons (Fsp3) is 0.417. The zero-order valence-electron chi connectivity index (χ0n) is 9.35. The first-order valence-electron chi connectivity index (χ1n) is 5.77. The topological polar surface area (TPSA) is 67.9 Å². The van der Waals surface area contributed by atoms with Crippen molar-refractivity contribution in [2.24, 2.45) is 0 Å². The number of H-pyrrole nitrogens is 1. The van der Waals surface area contributed by atoms with Crippen LogP contribution in [0.4, 0.5) is 0 Å². The van der Waals surface area contributed by atoms with E-state index in [0.717, 1.165) is 37.3 Å². The second-order valence-corrected chi connectivity index (χ2v) is 4.24. The fourth-order valence-electron chi connectivity index (χ4n) is 2.10. The number of nitrogens with one attached hydrogen (secondary N) is 1. The lowest BCUT2D eigenvalue weighted by Crippen LogP contribution is -2.16. The van der Waals surface area contributed by atoms with Gasteiger partial charge < -0.3 is 9.72 Å². The van der Waals surface area contributed by atoms with Gasteiger partial charge in [-0.2, -0.15) is 0 Å². The third-order valence-corrected chi connectivity index (χ3v) is 3.08. The van der Waals surface area contributed by atoms with Crippen molar-refractivity contribution < 1.29 is 4.74 Å². The Bertz CT molecular complexity index is 588. The summed E-state index contributed by atoms with van der Waals surface area (Å²) in [6.07, 6.45) is 3.66. The summed E-state index contributed by atoms with van der Waals surface area (Å²) in [5.74, 6) is 1.15. The zero-order valence-corrected chi connectivity index (χ0v) is 9.35. The van der Waals surface area contributed by atoms with E-state index in [-0.39, 0.29) is 5.56 Å². The highest BCUT2D eigenvalue weighted by Gasteiger charge is 2.18. The van der Waals surface area contributed by atoms with E-state index < -0.39 is 0 Å². The Hall–Kier alpha value is -1.75. The van der Waals surface area contributed by atoms with E-state index in [1.165, 1.54) is 6.07 Å². The van der Waals surface area contributed by atoms with Crippen molar-refractivity contribution in [3.63, 3.8) is 0 Å². The highest BCUT2D eigenvalue weighted by Crippen LogP contribution is 2.24. The van der Waals surface area contributed by atoms with Gasteiger partial charge in [0.2, 0.25) is 5.56 Å². The monoisotopic (exact) mass is 231 g/mol. The third-order valence-electron chi connectivity index (χ3n) is 3.08. The highest BCUT2D eigenvalue weighted by molar-refractivity contribution is 5.72. The molecule has 2 aromatic rings. The van der Waals surface area contributed by atoms with Crippen LogP contribution in [0.2, 0.25) is 0 Å². The second kappa shape index (κ2) is 4.25. The van der Waals surface area contributed by atoms with Crippen molar-refractivity contribution in [2.75, 3.05) is 13.2 Å². The van der Waals surface area contributed by atoms with Gasteiger partial charge in [0.25, 0.3) is 0 Å². The number of hydrogen-bond donors (Lipinski definition) is 1. The molecule has 1 saturated heterocycles. The molecule has 0 aliphatic carbocycles. The van der Waals surface area contributed by atoms with Crippen molar-refractivity contribution in [3.8, 4) is 0 Å². The van der Waals surface area contributed by atoms with E-state index >= 15 is 0 Å². The largest absolute Gasteiger partial charge is 0.381 e. The van der Waals surface area contributed by atoms with Crippen molar-refractivity contribution >= 4 is 11.0 Å². The first-order valence-corrected chi connectivity index (χ1v) is 5.77. The molecule has 0 radical (unpaired) electrons. The molecule has 17 heavy (non-hydrogen) atoms. The maximum atomic E-state index is 11.2. The molecule has 1 fully saturated rings. The van der Waals surface area contributed by atoms with Crippen LogP contribution in [0.5, 0.6) is 0 Å². The number of hydrogen-bond acceptors (Lipinski definition) is 4. The lowest BCUT2D eigenvalue weighted by atomic mass is 9.99. The third kappa shape index (κ3) is 2.06. The van der Waals surface area contributed by atoms with Gasteiger partial charge in [-0.25, -0.2) is 9.97 Å². The van der Waals surface area contributed by atoms with E-state index in [2.05, 4.69) is 15.0 Å². The number of rotatable bonds is 1. The molecule has 1 aliphatic rings. The number of pyridine rings is 1. The molecule has 0 aromatic carbocycles. The van der Waals surface area contributed by atoms with Gasteiger partial charge in [-0.15, -0.1) is 0 Å². The van der Waals surface area contributed by atoms with Crippen LogP contribution < -0.4 is 5.56 Å². The first-order chi connectivity index (χ1) is 8.33. The van der Waals surface area contributed by atoms with Crippen LogP contribution in [-0.4, -0.2) is 28.2 Å². The summed E-state index contributed by atoms with van der Waals surface area (Å²) >= 11 is 0. The summed E-state index contributed by atoms with van der Waals surface area (Å²) in [5.41, 5.74) is 0.489. The molecule has 2 aromatic heterocycles. The molecule has 0 unspecified atom stereocenters. The van der Waals surface area contributed by atoms with Gasteiger partial charge in [-0.05, 0) is 18.9 Å². The molecule has 5 nitrogen and oxygen atoms in total. The number of nitrogens with zero attached hydrogens (tertiary/aromatic N) is 2. The van der Waals surface area contributed by atoms with Crippen molar-refractivity contribution in [2.45, 2.75) is 18.8 Å². The summed E-state index contributed by atoms with van der Waals surface area (Å²) in [7, 11) is 0. The predicted octanol–water partition coefficient (Wildman–Crippen LogP) is 1.21. The molecule has 1 N–H and O–H groups in total. The molecular weight excluding hydrogens is 218 g/mol. The SMILES string of the molecule is O=c1ccc2cnc(C3CCOCC3)nc2[nH]1. The van der Waals surface area contributed by atoms with Crippen LogP contribution in [0.3, 0.4) is 0 Å². The lowest BCUT2D eigenvalue weighted by Gasteiger charge is -2.20. The van der Waals surface area contributed by atoms with Gasteiger partial charge in [-0.3, -0.25) is 4.79 Å². The van der Waals surface area contributed by atoms with Gasteiger partial charge in [0, 0.05) is 36.8 Å². The van der Waals surface area contributed by atoms with Gasteiger partial charge in [0.1, 0.15) is 11.5 Å². The molecule has 88 valence electrons. The molecule has 0 saturated carbocycles. The summed E-state index contributed by atoms with van der Waals surface area (Å²) in [6, 6.07) is 3.22. The molecule has 0 atom stereocenters. The Kier molecular flexibility index (Phi) is 2.60. The van der Waals surface area contributed by atoms with Gasteiger partial charge in [0.15, 0.2) is 0 Å². The van der Waals surface area contributed by atoms with Crippen LogP contribution in [0, 0.1) is 0 Å². The highest BCUT2D eigenvalue weighted by atomic mass is 16.5. The smallest absolute Gasteiger partial charge is 0.249 e. The van der Waals surface area contributed by atoms with Crippen LogP contribution in [0.25, 0.3) is 11.0 Å². The molecule has 1 aliphatic heterocycles. The van der Waals surface area contributed by atoms with Crippen LogP contribution in [-0.2, 0) is 4.74 Å². The normalized spacial score (nSPS) is 17.4. The minimum Gasteiger partial charge on any atom is -0.381 e. The molecule has 3 heterocycles. The Morgan fingerprint density at radius 1 is 1.29 bits per heavy atom. The number of aromatic nitrogens is 3. The maximum absolute atomic E-state index is 11.2. The predicted molar refractivity (Wildman–Crippen MR) is 63.0 cm³/mol. The van der Waals surface area contributed by atoms with Gasteiger partial charge >= 0.3 is 0 Å². The summed E-state index contributed by atoms with van der Waals surface area (Å²) < 4.78 is 5.31. The quantitative estimate of drug-likeness (QED) is 0.801. The van der Waals surface area contributed by atoms with E-state index in [4.69, 9.17) is 4.74 Å². The van der Waals surface area contributed by atoms with Crippen LogP contribution >= 0.6 is 0 Å². The van der Waals surface area contributed by atoms with Gasteiger partial charge in [-0.1, -0.05) is 0 Å². The van der Waals surface area contributed by atoms with E-state index in [9.17, 15) is 4.79 Å². The average Bonchev–Trinajstić information content (AvgIpc) is 2.39. The zero-order chi connectivity index (χ0) is 11.7. The summed E-state index contributed by atoms with van der Waals surface area (Å²) in [4.78, 5) is 22.8. The van der Waals surface area contributed by atoms with Gasteiger partial charge in [0.05, 0.1) is 0 Å². The Balaban J connectivity index is 2.02. The Morgan fingerprint density at radius 2 is 2.12 bits per heavy atom. The molecular formula is C12H13N3O2. The fourth-order valence-corrected chi connectivity index (χ4v) is 2.10. The van der Waals surface area contributed by atoms with E-state index in [0.29, 0.717) is 11.6 Å². The van der Waals surface area contributed by atoms with Crippen molar-refractivity contribution in [3.05, 3.63) is 34.5 Å². The minimum absolute atomic E-state index is 0.130. The second-order valence-electron chi connectivity index (χ2n) is 4.24. The van der Waals surface area contributed by atoms with Crippen molar-refractivity contribution in [1.82, 2.24) is 15.0 Å². The van der Waals surface area contributed by atoms with Crippen molar-refractivity contribution in [1.29, 1.82) is 0 Å². The molecule has 0 amide bonds. The maximum Gasteiger partial charge on any atom is 0.249 e. The summed E-state index contributed by atoms with van der Waals surface area (Å²) in [5, 5.41) is 0.861. The first kappa shape index (κ1) is 10.4. The standard InChI is InChI=1S/C12H13N3O2/c16-10-2-1-9-7-13-11(15-12(9)14-10)8-3-5-17-6-4-8/h1-2,7-8H,3-6H2,(H,13,14,15,16).